The maximum Gasteiger partial charge on any atom is 0.271 e. The van der Waals surface area contributed by atoms with Crippen LogP contribution in [0, 0.1) is 41.4 Å². The Morgan fingerprint density at radius 3 is 2.39 bits per heavy atom. The summed E-state index contributed by atoms with van der Waals surface area (Å²) < 4.78 is 1.17. The second-order valence-corrected chi connectivity index (χ2v) is 10.1. The minimum absolute atomic E-state index is 0.0439. The molecule has 0 aliphatic heterocycles. The first kappa shape index (κ1) is 21.4. The van der Waals surface area contributed by atoms with Crippen molar-refractivity contribution in [2.45, 2.75) is 52.0 Å². The summed E-state index contributed by atoms with van der Waals surface area (Å²) >= 11 is 0. The Bertz CT molecular complexity index is 1190. The van der Waals surface area contributed by atoms with Crippen LogP contribution in [0.1, 0.15) is 60.8 Å². The molecule has 0 spiro atoms. The van der Waals surface area contributed by atoms with E-state index < -0.39 is 5.56 Å². The Kier molecular flexibility index (Phi) is 5.32. The van der Waals surface area contributed by atoms with Crippen molar-refractivity contribution in [3.63, 3.8) is 0 Å². The van der Waals surface area contributed by atoms with Crippen molar-refractivity contribution in [1.82, 2.24) is 9.99 Å². The van der Waals surface area contributed by atoms with Crippen LogP contribution in [0.15, 0.2) is 40.2 Å². The summed E-state index contributed by atoms with van der Waals surface area (Å²) in [4.78, 5) is 26.0. The maximum absolute atomic E-state index is 13.1. The molecule has 1 aromatic carbocycles. The lowest BCUT2D eigenvalue weighted by molar-refractivity contribution is -0.146. The van der Waals surface area contributed by atoms with E-state index in [-0.39, 0.29) is 34.9 Å². The molecule has 2 N–H and O–H groups in total. The molecule has 4 aliphatic rings. The molecule has 7 nitrogen and oxygen atoms in total. The molecule has 1 amide bonds. The van der Waals surface area contributed by atoms with Crippen LogP contribution in [0.2, 0.25) is 0 Å². The molecule has 4 fully saturated rings. The van der Waals surface area contributed by atoms with Crippen LogP contribution in [0.4, 0.5) is 0 Å². The minimum Gasteiger partial charge on any atom is -0.494 e. The molecule has 0 saturated heterocycles. The highest BCUT2D eigenvalue weighted by Gasteiger charge is 2.54. The van der Waals surface area contributed by atoms with Crippen LogP contribution in [-0.2, 0) is 11.3 Å². The van der Waals surface area contributed by atoms with Gasteiger partial charge < -0.3 is 5.11 Å². The summed E-state index contributed by atoms with van der Waals surface area (Å²) in [5.41, 5.74) is 3.21. The number of nitriles is 1. The molecule has 170 valence electrons. The summed E-state index contributed by atoms with van der Waals surface area (Å²) in [5.74, 6) is 1.63. The zero-order chi connectivity index (χ0) is 23.2. The van der Waals surface area contributed by atoms with E-state index in [9.17, 15) is 20.0 Å². The molecule has 6 rings (SSSR count). The van der Waals surface area contributed by atoms with Crippen molar-refractivity contribution in [2.24, 2.45) is 28.3 Å². The number of nitrogens with one attached hydrogen (secondary N) is 1. The zero-order valence-electron chi connectivity index (χ0n) is 18.8. The average molecular weight is 445 g/mol. The topological polar surface area (TPSA) is 107 Å². The fraction of sp³-hybridized carbons (Fsp3) is 0.462. The number of hydrogen-bond acceptors (Lipinski definition) is 5. The maximum atomic E-state index is 13.1. The van der Waals surface area contributed by atoms with Crippen LogP contribution < -0.4 is 11.0 Å². The predicted molar refractivity (Wildman–Crippen MR) is 124 cm³/mol. The van der Waals surface area contributed by atoms with E-state index in [0.717, 1.165) is 24.8 Å². The molecule has 0 atom stereocenters. The van der Waals surface area contributed by atoms with Gasteiger partial charge in [-0.25, -0.2) is 5.43 Å². The van der Waals surface area contributed by atoms with Crippen molar-refractivity contribution in [3.05, 3.63) is 62.9 Å². The third-order valence-electron chi connectivity index (χ3n) is 7.91. The fourth-order valence-corrected chi connectivity index (χ4v) is 6.70. The number of pyridine rings is 1. The van der Waals surface area contributed by atoms with Crippen LogP contribution >= 0.6 is 0 Å². The van der Waals surface area contributed by atoms with Gasteiger partial charge in [-0.3, -0.25) is 14.2 Å². The van der Waals surface area contributed by atoms with Gasteiger partial charge in [-0.1, -0.05) is 30.3 Å². The van der Waals surface area contributed by atoms with Gasteiger partial charge in [0.25, 0.3) is 5.56 Å². The quantitative estimate of drug-likeness (QED) is 0.544. The number of carbonyl (C=O) groups excluding carboxylic acids is 1. The highest BCUT2D eigenvalue weighted by atomic mass is 16.3. The van der Waals surface area contributed by atoms with E-state index in [1.807, 2.05) is 36.4 Å². The van der Waals surface area contributed by atoms with Crippen molar-refractivity contribution < 1.29 is 9.90 Å². The second-order valence-electron chi connectivity index (χ2n) is 10.1. The second kappa shape index (κ2) is 8.18. The van der Waals surface area contributed by atoms with Gasteiger partial charge in [0, 0.05) is 0 Å². The van der Waals surface area contributed by atoms with Crippen LogP contribution in [0.25, 0.3) is 0 Å². The summed E-state index contributed by atoms with van der Waals surface area (Å²) in [5, 5.41) is 24.6. The molecular formula is C26H28N4O3. The molecule has 1 aromatic heterocycles. The molecule has 4 saturated carbocycles. The molecule has 4 bridgehead atoms. The van der Waals surface area contributed by atoms with Crippen molar-refractivity contribution >= 4 is 12.1 Å². The number of amides is 1. The van der Waals surface area contributed by atoms with E-state index in [1.54, 1.807) is 6.92 Å². The summed E-state index contributed by atoms with van der Waals surface area (Å²) in [7, 11) is 0. The monoisotopic (exact) mass is 444 g/mol. The van der Waals surface area contributed by atoms with E-state index in [2.05, 4.69) is 10.5 Å². The predicted octanol–water partition coefficient (Wildman–Crippen LogP) is 3.45. The molecule has 33 heavy (non-hydrogen) atoms. The van der Waals surface area contributed by atoms with E-state index in [1.165, 1.54) is 30.0 Å². The standard InChI is InChI=1S/C26H28N4O3/c1-16-21(13-27)23(31)30(15-17-5-3-2-4-6-17)24(32)22(16)14-28-29-25(33)26-10-18-7-19(11-26)9-20(8-18)12-26/h2-6,14,18-20,32H,7-12,15H2,1H3,(H,29,33). The highest BCUT2D eigenvalue weighted by molar-refractivity contribution is 5.88. The van der Waals surface area contributed by atoms with Crippen LogP contribution in [0.3, 0.4) is 0 Å². The smallest absolute Gasteiger partial charge is 0.271 e. The third-order valence-corrected chi connectivity index (χ3v) is 7.91. The van der Waals surface area contributed by atoms with Gasteiger partial charge in [0.05, 0.1) is 23.7 Å². The normalized spacial score (nSPS) is 27.6. The Morgan fingerprint density at radius 1 is 1.21 bits per heavy atom. The van der Waals surface area contributed by atoms with E-state index in [0.29, 0.717) is 23.3 Å². The number of nitrogens with zero attached hydrogens (tertiary/aromatic N) is 3. The number of aromatic hydroxyl groups is 1. The lowest BCUT2D eigenvalue weighted by Crippen LogP contribution is -2.52. The molecule has 2 aromatic rings. The Hall–Kier alpha value is -3.40. The summed E-state index contributed by atoms with van der Waals surface area (Å²) in [6.07, 6.45) is 7.92. The number of aromatic nitrogens is 1. The summed E-state index contributed by atoms with van der Waals surface area (Å²) in [6.45, 7) is 1.73. The Labute approximate surface area is 192 Å². The summed E-state index contributed by atoms with van der Waals surface area (Å²) in [6, 6.07) is 11.2. The minimum atomic E-state index is -0.550. The Balaban J connectivity index is 1.41. The molecule has 4 aliphatic carbocycles. The molecule has 7 heteroatoms. The molecule has 0 unspecified atom stereocenters. The first-order chi connectivity index (χ1) is 15.9. The third kappa shape index (κ3) is 3.74. The van der Waals surface area contributed by atoms with Crippen molar-refractivity contribution in [1.29, 1.82) is 5.26 Å². The SMILES string of the molecule is Cc1c(C=NNC(=O)C23CC4CC(CC(C4)C2)C3)c(O)n(Cc2ccccc2)c(=O)c1C#N. The van der Waals surface area contributed by atoms with Gasteiger partial charge in [0.2, 0.25) is 11.8 Å². The van der Waals surface area contributed by atoms with Gasteiger partial charge in [0.15, 0.2) is 0 Å². The van der Waals surface area contributed by atoms with Gasteiger partial charge in [0.1, 0.15) is 11.6 Å². The lowest BCUT2D eigenvalue weighted by atomic mass is 9.49. The van der Waals surface area contributed by atoms with Crippen molar-refractivity contribution in [3.8, 4) is 11.9 Å². The van der Waals surface area contributed by atoms with Gasteiger partial charge >= 0.3 is 0 Å². The van der Waals surface area contributed by atoms with E-state index in [4.69, 9.17) is 0 Å². The average Bonchev–Trinajstić information content (AvgIpc) is 2.79. The first-order valence-corrected chi connectivity index (χ1v) is 11.6. The van der Waals surface area contributed by atoms with Gasteiger partial charge in [-0.05, 0) is 74.3 Å². The molecule has 1 heterocycles. The van der Waals surface area contributed by atoms with Crippen molar-refractivity contribution in [2.75, 3.05) is 0 Å². The van der Waals surface area contributed by atoms with Gasteiger partial charge in [-0.15, -0.1) is 0 Å². The van der Waals surface area contributed by atoms with Gasteiger partial charge in [-0.2, -0.15) is 10.4 Å². The van der Waals surface area contributed by atoms with E-state index >= 15 is 0 Å². The Morgan fingerprint density at radius 2 is 1.82 bits per heavy atom. The number of carbonyl (C=O) groups is 1. The number of hydrazone groups is 1. The lowest BCUT2D eigenvalue weighted by Gasteiger charge is -2.55. The van der Waals surface area contributed by atoms with Crippen LogP contribution in [0.5, 0.6) is 5.88 Å². The van der Waals surface area contributed by atoms with Crippen LogP contribution in [-0.4, -0.2) is 21.8 Å². The number of rotatable bonds is 5. The fourth-order valence-electron chi connectivity index (χ4n) is 6.70. The molecule has 0 radical (unpaired) electrons. The number of hydrogen-bond donors (Lipinski definition) is 2. The first-order valence-electron chi connectivity index (χ1n) is 11.6. The largest absolute Gasteiger partial charge is 0.494 e. The zero-order valence-corrected chi connectivity index (χ0v) is 18.8. The number of benzene rings is 1. The highest BCUT2D eigenvalue weighted by Crippen LogP contribution is 2.60. The molecular weight excluding hydrogens is 416 g/mol.